The summed E-state index contributed by atoms with van der Waals surface area (Å²) in [4.78, 5) is 0. The van der Waals surface area contributed by atoms with Crippen LogP contribution in [0.1, 0.15) is 0 Å². The number of ether oxygens (including phenoxy) is 6. The molecule has 0 aliphatic heterocycles. The van der Waals surface area contributed by atoms with Crippen LogP contribution in [-0.2, 0) is 0 Å². The summed E-state index contributed by atoms with van der Waals surface area (Å²) in [6, 6.07) is 17.2. The van der Waals surface area contributed by atoms with Crippen LogP contribution in [0.5, 0.6) is 34.5 Å². The molecule has 0 aromatic heterocycles. The summed E-state index contributed by atoms with van der Waals surface area (Å²) in [5, 5.41) is 2.61. The Bertz CT molecular complexity index is 838. The van der Waals surface area contributed by atoms with Gasteiger partial charge in [0.2, 0.25) is 0 Å². The normalized spacial score (nSPS) is 10.5. The second-order valence-electron chi connectivity index (χ2n) is 6.37. The van der Waals surface area contributed by atoms with Crippen LogP contribution in [-0.4, -0.2) is 42.7 Å². The lowest BCUT2D eigenvalue weighted by Gasteiger charge is -2.28. The first kappa shape index (κ1) is 22.6. The van der Waals surface area contributed by atoms with E-state index in [-0.39, 0.29) is 0 Å². The lowest BCUT2D eigenvalue weighted by atomic mass is 10.3. The van der Waals surface area contributed by atoms with Crippen molar-refractivity contribution in [3.05, 3.63) is 54.6 Å². The highest BCUT2D eigenvalue weighted by Gasteiger charge is 2.34. The standard InChI is InChI=1S/C24H27O6P/c1-25-16-10-7-11-17(26-2)22(16)31(23-18(27-3)12-8-13-19(23)28-4)24-20(29-5)14-9-15-21(24)30-6/h7-15H,1-6H3. The first-order valence-corrected chi connectivity index (χ1v) is 10.9. The van der Waals surface area contributed by atoms with Gasteiger partial charge in [0.25, 0.3) is 0 Å². The summed E-state index contributed by atoms with van der Waals surface area (Å²) < 4.78 is 34.7. The van der Waals surface area contributed by atoms with Gasteiger partial charge in [-0.3, -0.25) is 0 Å². The summed E-state index contributed by atoms with van der Waals surface area (Å²) in [6.45, 7) is 0. The average Bonchev–Trinajstić information content (AvgIpc) is 2.83. The Hall–Kier alpha value is -3.11. The molecular formula is C24H27O6P. The molecule has 31 heavy (non-hydrogen) atoms. The highest BCUT2D eigenvalue weighted by Crippen LogP contribution is 2.49. The minimum atomic E-state index is -1.36. The zero-order valence-electron chi connectivity index (χ0n) is 18.6. The Labute approximate surface area is 184 Å². The van der Waals surface area contributed by atoms with E-state index in [9.17, 15) is 0 Å². The lowest BCUT2D eigenvalue weighted by Crippen LogP contribution is -2.27. The molecule has 6 nitrogen and oxygen atoms in total. The van der Waals surface area contributed by atoms with E-state index in [1.807, 2.05) is 54.6 Å². The summed E-state index contributed by atoms with van der Waals surface area (Å²) >= 11 is 0. The van der Waals surface area contributed by atoms with E-state index in [0.29, 0.717) is 34.5 Å². The molecule has 0 heterocycles. The topological polar surface area (TPSA) is 55.4 Å². The monoisotopic (exact) mass is 442 g/mol. The molecule has 3 rings (SSSR count). The Morgan fingerprint density at radius 1 is 0.387 bits per heavy atom. The van der Waals surface area contributed by atoms with Gasteiger partial charge in [-0.1, -0.05) is 18.2 Å². The van der Waals surface area contributed by atoms with Gasteiger partial charge in [-0.2, -0.15) is 0 Å². The van der Waals surface area contributed by atoms with Gasteiger partial charge in [0.15, 0.2) is 0 Å². The first-order valence-electron chi connectivity index (χ1n) is 9.58. The SMILES string of the molecule is COc1cccc(OC)c1P(c1c(OC)cccc1OC)c1c(OC)cccc1OC. The Kier molecular flexibility index (Phi) is 7.48. The minimum Gasteiger partial charge on any atom is -0.496 e. The molecule has 164 valence electrons. The summed E-state index contributed by atoms with van der Waals surface area (Å²) in [6.07, 6.45) is 0. The highest BCUT2D eigenvalue weighted by molar-refractivity contribution is 7.81. The van der Waals surface area contributed by atoms with Crippen molar-refractivity contribution >= 4 is 23.8 Å². The van der Waals surface area contributed by atoms with Gasteiger partial charge < -0.3 is 28.4 Å². The molecule has 0 atom stereocenters. The third kappa shape index (κ3) is 4.21. The molecule has 7 heteroatoms. The van der Waals surface area contributed by atoms with Crippen molar-refractivity contribution in [2.75, 3.05) is 42.7 Å². The maximum Gasteiger partial charge on any atom is 0.130 e. The van der Waals surface area contributed by atoms with Crippen molar-refractivity contribution in [2.24, 2.45) is 0 Å². The second kappa shape index (κ2) is 10.3. The van der Waals surface area contributed by atoms with Crippen LogP contribution in [0.3, 0.4) is 0 Å². The first-order chi connectivity index (χ1) is 15.1. The van der Waals surface area contributed by atoms with Crippen LogP contribution in [0.4, 0.5) is 0 Å². The van der Waals surface area contributed by atoms with Crippen LogP contribution in [0.25, 0.3) is 0 Å². The van der Waals surface area contributed by atoms with E-state index in [1.165, 1.54) is 0 Å². The molecule has 0 unspecified atom stereocenters. The van der Waals surface area contributed by atoms with Gasteiger partial charge in [0.1, 0.15) is 34.5 Å². The smallest absolute Gasteiger partial charge is 0.130 e. The number of rotatable bonds is 9. The van der Waals surface area contributed by atoms with Crippen molar-refractivity contribution in [2.45, 2.75) is 0 Å². The van der Waals surface area contributed by atoms with Gasteiger partial charge in [0.05, 0.1) is 58.6 Å². The van der Waals surface area contributed by atoms with Gasteiger partial charge in [-0.05, 0) is 36.4 Å². The molecule has 0 spiro atoms. The highest BCUT2D eigenvalue weighted by atomic mass is 31.1. The van der Waals surface area contributed by atoms with Crippen LogP contribution >= 0.6 is 7.92 Å². The largest absolute Gasteiger partial charge is 0.496 e. The summed E-state index contributed by atoms with van der Waals surface area (Å²) in [7, 11) is 8.51. The van der Waals surface area contributed by atoms with E-state index in [4.69, 9.17) is 28.4 Å². The second-order valence-corrected chi connectivity index (χ2v) is 8.38. The quantitative estimate of drug-likeness (QED) is 0.473. The predicted molar refractivity (Wildman–Crippen MR) is 124 cm³/mol. The van der Waals surface area contributed by atoms with E-state index >= 15 is 0 Å². The van der Waals surface area contributed by atoms with Crippen molar-refractivity contribution in [3.8, 4) is 34.5 Å². The minimum absolute atomic E-state index is 0.686. The zero-order chi connectivity index (χ0) is 22.4. The van der Waals surface area contributed by atoms with E-state index in [1.54, 1.807) is 42.7 Å². The number of hydrogen-bond donors (Lipinski definition) is 0. The zero-order valence-corrected chi connectivity index (χ0v) is 19.5. The molecule has 0 aliphatic rings. The molecule has 3 aromatic carbocycles. The molecule has 0 fully saturated rings. The van der Waals surface area contributed by atoms with E-state index in [2.05, 4.69) is 0 Å². The summed E-state index contributed by atoms with van der Waals surface area (Å²) in [5.41, 5.74) is 0. The average molecular weight is 442 g/mol. The third-order valence-electron chi connectivity index (χ3n) is 4.88. The van der Waals surface area contributed by atoms with Crippen LogP contribution in [0, 0.1) is 0 Å². The van der Waals surface area contributed by atoms with E-state index in [0.717, 1.165) is 15.9 Å². The Morgan fingerprint density at radius 3 is 0.742 bits per heavy atom. The van der Waals surface area contributed by atoms with Crippen molar-refractivity contribution in [1.29, 1.82) is 0 Å². The Balaban J connectivity index is 2.52. The van der Waals surface area contributed by atoms with Gasteiger partial charge >= 0.3 is 0 Å². The van der Waals surface area contributed by atoms with E-state index < -0.39 is 7.92 Å². The fraction of sp³-hybridized carbons (Fsp3) is 0.250. The van der Waals surface area contributed by atoms with Crippen LogP contribution < -0.4 is 44.3 Å². The van der Waals surface area contributed by atoms with Gasteiger partial charge in [-0.25, -0.2) is 0 Å². The molecule has 3 aromatic rings. The molecule has 0 saturated heterocycles. The number of benzene rings is 3. The van der Waals surface area contributed by atoms with Gasteiger partial charge in [-0.15, -0.1) is 0 Å². The summed E-state index contributed by atoms with van der Waals surface area (Å²) in [5.74, 6) is 4.12. The predicted octanol–water partition coefficient (Wildman–Crippen LogP) is 3.50. The maximum absolute atomic E-state index is 5.78. The third-order valence-corrected chi connectivity index (χ3v) is 7.54. The molecule has 0 aliphatic carbocycles. The van der Waals surface area contributed by atoms with Crippen molar-refractivity contribution in [1.82, 2.24) is 0 Å². The lowest BCUT2D eigenvalue weighted by molar-refractivity contribution is 0.398. The maximum atomic E-state index is 5.78. The van der Waals surface area contributed by atoms with Crippen molar-refractivity contribution < 1.29 is 28.4 Å². The fourth-order valence-corrected chi connectivity index (χ4v) is 6.48. The molecule has 0 N–H and O–H groups in total. The molecule has 0 amide bonds. The van der Waals surface area contributed by atoms with Crippen LogP contribution in [0.2, 0.25) is 0 Å². The molecule has 0 bridgehead atoms. The van der Waals surface area contributed by atoms with Gasteiger partial charge in [0, 0.05) is 7.92 Å². The molecule has 0 radical (unpaired) electrons. The molecule has 0 saturated carbocycles. The number of methoxy groups -OCH3 is 6. The number of hydrogen-bond acceptors (Lipinski definition) is 6. The van der Waals surface area contributed by atoms with Crippen LogP contribution in [0.15, 0.2) is 54.6 Å². The fourth-order valence-electron chi connectivity index (χ4n) is 3.49. The van der Waals surface area contributed by atoms with Crippen molar-refractivity contribution in [3.63, 3.8) is 0 Å². The molecular weight excluding hydrogens is 415 g/mol. The Morgan fingerprint density at radius 2 is 0.581 bits per heavy atom.